The van der Waals surface area contributed by atoms with Crippen molar-refractivity contribution in [2.75, 3.05) is 18.6 Å². The first-order valence-electron chi connectivity index (χ1n) is 5.46. The third kappa shape index (κ3) is 6.15. The summed E-state index contributed by atoms with van der Waals surface area (Å²) in [5, 5.41) is 3.09. The lowest BCUT2D eigenvalue weighted by Gasteiger charge is -2.30. The summed E-state index contributed by atoms with van der Waals surface area (Å²) in [5.74, 6) is 0.708. The van der Waals surface area contributed by atoms with Gasteiger partial charge in [0.05, 0.1) is 11.5 Å². The molecule has 1 unspecified atom stereocenters. The van der Waals surface area contributed by atoms with E-state index in [2.05, 4.69) is 26.1 Å². The minimum absolute atomic E-state index is 0.0150. The van der Waals surface area contributed by atoms with E-state index in [1.54, 1.807) is 0 Å². The van der Waals surface area contributed by atoms with E-state index in [0.29, 0.717) is 0 Å². The highest BCUT2D eigenvalue weighted by Crippen LogP contribution is 2.20. The highest BCUT2D eigenvalue weighted by molar-refractivity contribution is 7.91. The lowest BCUT2D eigenvalue weighted by molar-refractivity contribution is 0.302. The fourth-order valence-corrected chi connectivity index (χ4v) is 3.92. The van der Waals surface area contributed by atoms with Gasteiger partial charge in [-0.2, -0.15) is 0 Å². The maximum Gasteiger partial charge on any atom is 0.152 e. The average molecular weight is 235 g/mol. The van der Waals surface area contributed by atoms with Crippen LogP contribution in [0.15, 0.2) is 0 Å². The quantitative estimate of drug-likeness (QED) is 0.789. The van der Waals surface area contributed by atoms with Crippen LogP contribution in [0.25, 0.3) is 0 Å². The van der Waals surface area contributed by atoms with Crippen LogP contribution < -0.4 is 5.32 Å². The van der Waals surface area contributed by atoms with Gasteiger partial charge < -0.3 is 5.32 Å². The van der Waals surface area contributed by atoms with Crippen molar-refractivity contribution < 1.29 is 8.42 Å². The Kier molecular flexibility index (Phi) is 5.27. The van der Waals surface area contributed by atoms with Crippen LogP contribution in [0.2, 0.25) is 0 Å². The first-order chi connectivity index (χ1) is 6.58. The van der Waals surface area contributed by atoms with Gasteiger partial charge in [0, 0.05) is 6.04 Å². The van der Waals surface area contributed by atoms with Crippen molar-refractivity contribution in [1.29, 1.82) is 0 Å². The van der Waals surface area contributed by atoms with Crippen molar-refractivity contribution in [2.45, 2.75) is 40.7 Å². The Morgan fingerprint density at radius 2 is 1.60 bits per heavy atom. The molecule has 0 aliphatic rings. The van der Waals surface area contributed by atoms with Crippen molar-refractivity contribution >= 4 is 9.84 Å². The second-order valence-electron chi connectivity index (χ2n) is 5.68. The molecule has 15 heavy (non-hydrogen) atoms. The molecule has 0 aromatic rings. The first-order valence-corrected chi connectivity index (χ1v) is 7.28. The van der Waals surface area contributed by atoms with Crippen molar-refractivity contribution in [3.63, 3.8) is 0 Å². The molecule has 0 amide bonds. The molecule has 0 aromatic heterocycles. The summed E-state index contributed by atoms with van der Waals surface area (Å²) in [7, 11) is -1.12. The first kappa shape index (κ1) is 14.9. The largest absolute Gasteiger partial charge is 0.315 e. The van der Waals surface area contributed by atoms with Crippen LogP contribution in [-0.4, -0.2) is 33.0 Å². The predicted octanol–water partition coefficient (Wildman–Crippen LogP) is 1.69. The number of hydrogen-bond donors (Lipinski definition) is 1. The van der Waals surface area contributed by atoms with Crippen LogP contribution in [0.5, 0.6) is 0 Å². The molecule has 92 valence electrons. The van der Waals surface area contributed by atoms with Crippen LogP contribution in [0.4, 0.5) is 0 Å². The second kappa shape index (κ2) is 5.30. The van der Waals surface area contributed by atoms with Crippen LogP contribution in [0.1, 0.15) is 34.6 Å². The van der Waals surface area contributed by atoms with Crippen molar-refractivity contribution in [3.05, 3.63) is 0 Å². The SMILES string of the molecule is CNC(CS(=O)(=O)CC(C)C)C(C)(C)C. The van der Waals surface area contributed by atoms with Gasteiger partial charge in [0.2, 0.25) is 0 Å². The van der Waals surface area contributed by atoms with E-state index in [1.165, 1.54) is 0 Å². The van der Waals surface area contributed by atoms with Gasteiger partial charge in [0.15, 0.2) is 9.84 Å². The number of nitrogens with one attached hydrogen (secondary N) is 1. The van der Waals surface area contributed by atoms with E-state index in [4.69, 9.17) is 0 Å². The molecule has 0 saturated heterocycles. The highest BCUT2D eigenvalue weighted by Gasteiger charge is 2.28. The Morgan fingerprint density at radius 1 is 1.13 bits per heavy atom. The zero-order valence-electron chi connectivity index (χ0n) is 10.8. The standard InChI is InChI=1S/C11H25NO2S/c1-9(2)7-15(13,14)8-10(12-6)11(3,4)5/h9-10,12H,7-8H2,1-6H3. The van der Waals surface area contributed by atoms with Gasteiger partial charge >= 0.3 is 0 Å². The van der Waals surface area contributed by atoms with Crippen LogP contribution in [0, 0.1) is 11.3 Å². The molecule has 0 aliphatic heterocycles. The molecule has 1 atom stereocenters. The zero-order valence-corrected chi connectivity index (χ0v) is 11.6. The molecular weight excluding hydrogens is 210 g/mol. The molecule has 0 heterocycles. The number of rotatable bonds is 5. The van der Waals surface area contributed by atoms with Gasteiger partial charge in [-0.3, -0.25) is 0 Å². The Labute approximate surface area is 94.6 Å². The number of hydrogen-bond acceptors (Lipinski definition) is 3. The molecule has 4 heteroatoms. The van der Waals surface area contributed by atoms with Crippen molar-refractivity contribution in [1.82, 2.24) is 5.32 Å². The summed E-state index contributed by atoms with van der Waals surface area (Å²) in [6.07, 6.45) is 0. The zero-order chi connectivity index (χ0) is 12.3. The summed E-state index contributed by atoms with van der Waals surface area (Å²) in [4.78, 5) is 0. The van der Waals surface area contributed by atoms with E-state index in [1.807, 2.05) is 20.9 Å². The minimum Gasteiger partial charge on any atom is -0.315 e. The Morgan fingerprint density at radius 3 is 1.87 bits per heavy atom. The smallest absolute Gasteiger partial charge is 0.152 e. The third-order valence-electron chi connectivity index (χ3n) is 2.40. The predicted molar refractivity (Wildman–Crippen MR) is 65.8 cm³/mol. The summed E-state index contributed by atoms with van der Waals surface area (Å²) in [6.45, 7) is 10.0. The average Bonchev–Trinajstić information content (AvgIpc) is 1.95. The topological polar surface area (TPSA) is 46.2 Å². The Hall–Kier alpha value is -0.0900. The Bertz CT molecular complexity index is 275. The molecule has 0 aromatic carbocycles. The fraction of sp³-hybridized carbons (Fsp3) is 1.00. The molecule has 0 aliphatic carbocycles. The van der Waals surface area contributed by atoms with Gasteiger partial charge in [0.25, 0.3) is 0 Å². The fourth-order valence-electron chi connectivity index (χ4n) is 1.60. The van der Waals surface area contributed by atoms with E-state index in [9.17, 15) is 8.42 Å². The molecule has 3 nitrogen and oxygen atoms in total. The molecule has 0 saturated carbocycles. The molecule has 0 bridgehead atoms. The van der Waals surface area contributed by atoms with E-state index in [-0.39, 0.29) is 28.9 Å². The van der Waals surface area contributed by atoms with Gasteiger partial charge in [-0.25, -0.2) is 8.42 Å². The maximum absolute atomic E-state index is 11.8. The summed E-state index contributed by atoms with van der Waals surface area (Å²) < 4.78 is 23.6. The molecule has 0 radical (unpaired) electrons. The summed E-state index contributed by atoms with van der Waals surface area (Å²) in [6, 6.07) is 0.0150. The Balaban J connectivity index is 4.56. The molecule has 0 rings (SSSR count). The van der Waals surface area contributed by atoms with Gasteiger partial charge in [-0.15, -0.1) is 0 Å². The lowest BCUT2D eigenvalue weighted by atomic mass is 9.88. The molecule has 0 fully saturated rings. The van der Waals surface area contributed by atoms with Crippen LogP contribution in [-0.2, 0) is 9.84 Å². The highest BCUT2D eigenvalue weighted by atomic mass is 32.2. The molecule has 1 N–H and O–H groups in total. The monoisotopic (exact) mass is 235 g/mol. The maximum atomic E-state index is 11.8. The summed E-state index contributed by atoms with van der Waals surface area (Å²) in [5.41, 5.74) is -0.0290. The minimum atomic E-state index is -2.94. The van der Waals surface area contributed by atoms with Crippen LogP contribution >= 0.6 is 0 Å². The second-order valence-corrected chi connectivity index (χ2v) is 7.83. The van der Waals surface area contributed by atoms with Gasteiger partial charge in [0.1, 0.15) is 0 Å². The van der Waals surface area contributed by atoms with E-state index < -0.39 is 9.84 Å². The summed E-state index contributed by atoms with van der Waals surface area (Å²) >= 11 is 0. The van der Waals surface area contributed by atoms with E-state index in [0.717, 1.165) is 0 Å². The lowest BCUT2D eigenvalue weighted by Crippen LogP contribution is -2.44. The van der Waals surface area contributed by atoms with Crippen molar-refractivity contribution in [3.8, 4) is 0 Å². The number of sulfone groups is 1. The van der Waals surface area contributed by atoms with Gasteiger partial charge in [-0.1, -0.05) is 34.6 Å². The van der Waals surface area contributed by atoms with Crippen molar-refractivity contribution in [2.24, 2.45) is 11.3 Å². The van der Waals surface area contributed by atoms with Crippen LogP contribution in [0.3, 0.4) is 0 Å². The third-order valence-corrected chi connectivity index (χ3v) is 4.42. The molecule has 0 spiro atoms. The normalized spacial score (nSPS) is 15.7. The molecular formula is C11H25NO2S. The van der Waals surface area contributed by atoms with Gasteiger partial charge in [-0.05, 0) is 18.4 Å². The van der Waals surface area contributed by atoms with E-state index >= 15 is 0 Å².